The van der Waals surface area contributed by atoms with Gasteiger partial charge in [0.05, 0.1) is 12.1 Å². The number of halogens is 2. The molecule has 10 heteroatoms. The fourth-order valence-electron chi connectivity index (χ4n) is 4.99. The van der Waals surface area contributed by atoms with Crippen LogP contribution in [-0.2, 0) is 13.1 Å². The Hall–Kier alpha value is -4.18. The van der Waals surface area contributed by atoms with Crippen molar-refractivity contribution in [2.75, 3.05) is 32.1 Å². The van der Waals surface area contributed by atoms with Gasteiger partial charge in [0.2, 0.25) is 0 Å². The molecule has 1 aliphatic rings. The summed E-state index contributed by atoms with van der Waals surface area (Å²) in [7, 11) is 4.22. The molecule has 1 aliphatic heterocycles. The summed E-state index contributed by atoms with van der Waals surface area (Å²) in [5, 5.41) is 3.74. The number of nitrogens with one attached hydrogen (secondary N) is 1. The van der Waals surface area contributed by atoms with E-state index in [1.54, 1.807) is 12.4 Å². The van der Waals surface area contributed by atoms with Crippen molar-refractivity contribution >= 4 is 22.6 Å². The van der Waals surface area contributed by atoms with Gasteiger partial charge in [-0.15, -0.1) is 0 Å². The van der Waals surface area contributed by atoms with Crippen LogP contribution in [0.15, 0.2) is 65.8 Å². The number of carbonyl (C=O) groups excluding carboxylic acids is 1. The fraction of sp³-hybridized carbons (Fsp3) is 0.310. The molecule has 2 aromatic carbocycles. The predicted molar refractivity (Wildman–Crippen MR) is 146 cm³/mol. The number of nitrogens with zero attached hydrogens (tertiary/aromatic N) is 5. The number of amides is 1. The van der Waals surface area contributed by atoms with Crippen LogP contribution in [-0.4, -0.2) is 58.6 Å². The highest BCUT2D eigenvalue weighted by Crippen LogP contribution is 2.27. The molecule has 2 aromatic heterocycles. The van der Waals surface area contributed by atoms with Crippen LogP contribution < -0.4 is 15.8 Å². The summed E-state index contributed by atoms with van der Waals surface area (Å²) in [5.41, 5.74) is 1.54. The number of benzene rings is 2. The van der Waals surface area contributed by atoms with E-state index in [9.17, 15) is 18.4 Å². The predicted octanol–water partition coefficient (Wildman–Crippen LogP) is 3.58. The maximum absolute atomic E-state index is 13.6. The van der Waals surface area contributed by atoms with Crippen LogP contribution in [0.4, 0.5) is 14.6 Å². The van der Waals surface area contributed by atoms with Crippen molar-refractivity contribution in [3.63, 3.8) is 0 Å². The lowest BCUT2D eigenvalue weighted by molar-refractivity contribution is 0.0949. The molecule has 5 rings (SSSR count). The van der Waals surface area contributed by atoms with Gasteiger partial charge in [0.1, 0.15) is 17.7 Å². The molecule has 0 radical (unpaired) electrons. The van der Waals surface area contributed by atoms with Gasteiger partial charge < -0.3 is 19.7 Å². The van der Waals surface area contributed by atoms with Crippen molar-refractivity contribution in [1.29, 1.82) is 0 Å². The van der Waals surface area contributed by atoms with Crippen LogP contribution in [0.1, 0.15) is 34.3 Å². The Balaban J connectivity index is 1.30. The van der Waals surface area contributed by atoms with Gasteiger partial charge in [0.15, 0.2) is 11.6 Å². The summed E-state index contributed by atoms with van der Waals surface area (Å²) in [6, 6.07) is 12.8. The van der Waals surface area contributed by atoms with E-state index in [0.717, 1.165) is 60.3 Å². The number of aromatic nitrogens is 3. The highest BCUT2D eigenvalue weighted by Gasteiger charge is 2.23. The summed E-state index contributed by atoms with van der Waals surface area (Å²) in [6.45, 7) is 2.03. The number of fused-ring (bicyclic) bond motifs is 1. The topological polar surface area (TPSA) is 83.4 Å². The summed E-state index contributed by atoms with van der Waals surface area (Å²) in [5.74, 6) is -1.58. The molecule has 39 heavy (non-hydrogen) atoms. The van der Waals surface area contributed by atoms with Crippen LogP contribution >= 0.6 is 0 Å². The van der Waals surface area contributed by atoms with Gasteiger partial charge in [-0.05, 0) is 74.5 Å². The van der Waals surface area contributed by atoms with Gasteiger partial charge >= 0.3 is 0 Å². The maximum Gasteiger partial charge on any atom is 0.263 e. The second kappa shape index (κ2) is 11.3. The summed E-state index contributed by atoms with van der Waals surface area (Å²) < 4.78 is 28.1. The SMILES string of the molecule is CN(C)C1CCN(c2ncnc3ccc(CNC(=O)c4cccn(Cc5ccc(F)c(F)c5)c4=O)cc23)CC1. The Morgan fingerprint density at radius 3 is 2.54 bits per heavy atom. The third-order valence-corrected chi connectivity index (χ3v) is 7.23. The van der Waals surface area contributed by atoms with Gasteiger partial charge in [0, 0.05) is 37.3 Å². The molecule has 8 nitrogen and oxygen atoms in total. The molecule has 202 valence electrons. The van der Waals surface area contributed by atoms with E-state index in [1.807, 2.05) is 18.2 Å². The van der Waals surface area contributed by atoms with E-state index in [4.69, 9.17) is 0 Å². The average Bonchev–Trinajstić information content (AvgIpc) is 2.94. The van der Waals surface area contributed by atoms with E-state index in [-0.39, 0.29) is 18.7 Å². The minimum Gasteiger partial charge on any atom is -0.356 e. The lowest BCUT2D eigenvalue weighted by Gasteiger charge is -2.36. The average molecular weight is 533 g/mol. The summed E-state index contributed by atoms with van der Waals surface area (Å²) in [4.78, 5) is 39.4. The Labute approximate surface area is 224 Å². The molecule has 1 saturated heterocycles. The molecule has 0 aliphatic carbocycles. The Bertz CT molecular complexity index is 1560. The zero-order valence-electron chi connectivity index (χ0n) is 21.9. The fourth-order valence-corrected chi connectivity index (χ4v) is 4.99. The lowest BCUT2D eigenvalue weighted by atomic mass is 10.0. The minimum absolute atomic E-state index is 0.0103. The number of pyridine rings is 1. The minimum atomic E-state index is -0.989. The van der Waals surface area contributed by atoms with E-state index in [1.165, 1.54) is 22.9 Å². The van der Waals surface area contributed by atoms with Crippen molar-refractivity contribution in [3.8, 4) is 0 Å². The van der Waals surface area contributed by atoms with Crippen LogP contribution in [0.5, 0.6) is 0 Å². The van der Waals surface area contributed by atoms with Gasteiger partial charge in [-0.1, -0.05) is 12.1 Å². The molecular formula is C29H30F2N6O2. The summed E-state index contributed by atoms with van der Waals surface area (Å²) >= 11 is 0. The zero-order chi connectivity index (χ0) is 27.5. The quantitative estimate of drug-likeness (QED) is 0.392. The molecule has 0 atom stereocenters. The second-order valence-corrected chi connectivity index (χ2v) is 10.0. The molecule has 1 amide bonds. The number of piperidine rings is 1. The van der Waals surface area contributed by atoms with Crippen molar-refractivity contribution in [1.82, 2.24) is 24.8 Å². The van der Waals surface area contributed by atoms with Crippen molar-refractivity contribution in [2.24, 2.45) is 0 Å². The second-order valence-electron chi connectivity index (χ2n) is 10.0. The van der Waals surface area contributed by atoms with Crippen molar-refractivity contribution < 1.29 is 13.6 Å². The Morgan fingerprint density at radius 1 is 1.03 bits per heavy atom. The maximum atomic E-state index is 13.6. The first-order valence-electron chi connectivity index (χ1n) is 12.9. The number of rotatable bonds is 7. The molecule has 1 N–H and O–H groups in total. The number of hydrogen-bond donors (Lipinski definition) is 1. The van der Waals surface area contributed by atoms with Crippen LogP contribution in [0.2, 0.25) is 0 Å². The van der Waals surface area contributed by atoms with Gasteiger partial charge in [-0.2, -0.15) is 0 Å². The molecule has 3 heterocycles. The van der Waals surface area contributed by atoms with E-state index in [2.05, 4.69) is 39.2 Å². The van der Waals surface area contributed by atoms with Crippen LogP contribution in [0, 0.1) is 11.6 Å². The van der Waals surface area contributed by atoms with Gasteiger partial charge in [-0.25, -0.2) is 18.7 Å². The van der Waals surface area contributed by atoms with Crippen molar-refractivity contribution in [2.45, 2.75) is 32.0 Å². The smallest absolute Gasteiger partial charge is 0.263 e. The first kappa shape index (κ1) is 26.4. The molecule has 4 aromatic rings. The Morgan fingerprint density at radius 2 is 1.79 bits per heavy atom. The first-order valence-corrected chi connectivity index (χ1v) is 12.9. The Kier molecular flexibility index (Phi) is 7.65. The van der Waals surface area contributed by atoms with Gasteiger partial charge in [0.25, 0.3) is 11.5 Å². The molecule has 0 bridgehead atoms. The first-order chi connectivity index (χ1) is 18.8. The largest absolute Gasteiger partial charge is 0.356 e. The van der Waals surface area contributed by atoms with E-state index >= 15 is 0 Å². The monoisotopic (exact) mass is 532 g/mol. The zero-order valence-corrected chi connectivity index (χ0v) is 21.9. The molecule has 0 spiro atoms. The highest BCUT2D eigenvalue weighted by atomic mass is 19.2. The van der Waals surface area contributed by atoms with Gasteiger partial charge in [-0.3, -0.25) is 9.59 Å². The number of carbonyl (C=O) groups is 1. The number of anilines is 1. The van der Waals surface area contributed by atoms with Crippen LogP contribution in [0.25, 0.3) is 10.9 Å². The third-order valence-electron chi connectivity index (χ3n) is 7.23. The highest BCUT2D eigenvalue weighted by molar-refractivity contribution is 5.94. The summed E-state index contributed by atoms with van der Waals surface area (Å²) in [6.07, 6.45) is 5.20. The van der Waals surface area contributed by atoms with E-state index in [0.29, 0.717) is 11.6 Å². The standard InChI is InChI=1S/C29H30F2N6O2/c1-35(2)21-9-12-36(13-10-21)27-23-14-19(6-8-26(23)33-18-34-27)16-32-28(38)22-4-3-11-37(29(22)39)17-20-5-7-24(30)25(31)15-20/h3-8,11,14-15,18,21H,9-10,12-13,16-17H2,1-2H3,(H,32,38). The van der Waals surface area contributed by atoms with Crippen molar-refractivity contribution in [3.05, 3.63) is 99.7 Å². The third kappa shape index (κ3) is 5.80. The van der Waals surface area contributed by atoms with E-state index < -0.39 is 23.1 Å². The molecular weight excluding hydrogens is 502 g/mol. The normalized spacial score (nSPS) is 14.2. The lowest BCUT2D eigenvalue weighted by Crippen LogP contribution is -2.42. The molecule has 0 unspecified atom stereocenters. The molecule has 0 saturated carbocycles. The molecule has 1 fully saturated rings. The number of hydrogen-bond acceptors (Lipinski definition) is 6. The van der Waals surface area contributed by atoms with Crippen LogP contribution in [0.3, 0.4) is 0 Å².